The van der Waals surface area contributed by atoms with Gasteiger partial charge in [-0.05, 0) is 20.8 Å². The van der Waals surface area contributed by atoms with Crippen LogP contribution in [0.4, 0.5) is 4.79 Å². The average Bonchev–Trinajstić information content (AvgIpc) is 2.55. The van der Waals surface area contributed by atoms with Crippen LogP contribution in [0, 0.1) is 0 Å². The molecule has 9 nitrogen and oxygen atoms in total. The minimum atomic E-state index is -2.85. The topological polar surface area (TPSA) is 109 Å². The molecule has 0 aromatic rings. The van der Waals surface area contributed by atoms with E-state index < -0.39 is 15.4 Å². The van der Waals surface area contributed by atoms with E-state index in [1.54, 1.807) is 4.90 Å². The molecule has 0 spiro atoms. The molecule has 0 unspecified atom stereocenters. The summed E-state index contributed by atoms with van der Waals surface area (Å²) in [6.45, 7) is 10.3. The number of rotatable bonds is 3. The lowest BCUT2D eigenvalue weighted by atomic mass is 10.2. The molecule has 2 fully saturated rings. The molecule has 10 heteroatoms. The first kappa shape index (κ1) is 20.8. The molecule has 2 heterocycles. The smallest absolute Gasteiger partial charge is 0.410 e. The highest BCUT2D eigenvalue weighted by atomic mass is 32.2. The van der Waals surface area contributed by atoms with Gasteiger partial charge in [0.25, 0.3) is 0 Å². The fourth-order valence-corrected chi connectivity index (χ4v) is 4.10. The van der Waals surface area contributed by atoms with E-state index in [1.165, 1.54) is 0 Å². The maximum Gasteiger partial charge on any atom is 0.410 e. The van der Waals surface area contributed by atoms with E-state index in [1.807, 2.05) is 25.7 Å². The van der Waals surface area contributed by atoms with Crippen molar-refractivity contribution in [3.05, 3.63) is 0 Å². The van der Waals surface area contributed by atoms with Crippen LogP contribution >= 0.6 is 0 Å². The van der Waals surface area contributed by atoms with Crippen molar-refractivity contribution in [1.29, 1.82) is 0 Å². The molecule has 1 amide bonds. The number of piperazine rings is 1. The molecule has 0 aromatic carbocycles. The molecular weight excluding hydrogens is 358 g/mol. The average molecular weight is 390 g/mol. The third-order valence-electron chi connectivity index (χ3n) is 4.38. The Balaban J connectivity index is 1.71. The fraction of sp³-hybridized carbons (Fsp3) is 0.875. The molecule has 0 radical (unpaired) electrons. The Labute approximate surface area is 156 Å². The second-order valence-electron chi connectivity index (χ2n) is 7.69. The molecule has 2 aliphatic rings. The number of carbonyl (C=O) groups is 1. The Bertz CT molecular complexity index is 607. The highest BCUT2D eigenvalue weighted by Crippen LogP contribution is 2.11. The van der Waals surface area contributed by atoms with E-state index in [0.29, 0.717) is 58.3 Å². The normalized spacial score (nSPS) is 22.3. The summed E-state index contributed by atoms with van der Waals surface area (Å²) in [5.41, 5.74) is 5.56. The number of hydrogen-bond acceptors (Lipinski definition) is 6. The van der Waals surface area contributed by atoms with Crippen LogP contribution in [0.1, 0.15) is 20.8 Å². The monoisotopic (exact) mass is 389 g/mol. The lowest BCUT2D eigenvalue weighted by molar-refractivity contribution is 0.0186. The first-order valence-corrected chi connectivity index (χ1v) is 10.8. The van der Waals surface area contributed by atoms with Gasteiger partial charge in [-0.2, -0.15) is 0 Å². The summed E-state index contributed by atoms with van der Waals surface area (Å²) in [5, 5.41) is 0. The Hall–Kier alpha value is -1.55. The van der Waals surface area contributed by atoms with Crippen LogP contribution in [-0.4, -0.2) is 105 Å². The van der Waals surface area contributed by atoms with E-state index in [0.717, 1.165) is 0 Å². The Morgan fingerprint density at radius 1 is 1.04 bits per heavy atom. The number of amides is 1. The zero-order valence-corrected chi connectivity index (χ0v) is 16.8. The minimum absolute atomic E-state index is 0.221. The second-order valence-corrected chi connectivity index (χ2v) is 9.99. The molecule has 0 saturated carbocycles. The molecule has 2 saturated heterocycles. The van der Waals surface area contributed by atoms with Crippen LogP contribution in [0.5, 0.6) is 0 Å². The van der Waals surface area contributed by atoms with Crippen LogP contribution in [0.3, 0.4) is 0 Å². The Kier molecular flexibility index (Phi) is 6.73. The van der Waals surface area contributed by atoms with Crippen molar-refractivity contribution in [1.82, 2.24) is 14.7 Å². The molecule has 2 N–H and O–H groups in total. The predicted octanol–water partition coefficient (Wildman–Crippen LogP) is -0.416. The standard InChI is InChI=1S/C16H31N5O4S/c1-16(2,3)25-15(22)21-8-6-20(7-9-21)14(17)18-4-5-19-10-12-26(23,24)13-11-19/h4-13H2,1-3H3,(H2,17,18). The summed E-state index contributed by atoms with van der Waals surface area (Å²) in [5.74, 6) is 0.913. The van der Waals surface area contributed by atoms with Gasteiger partial charge in [0.15, 0.2) is 15.8 Å². The number of nitrogens with two attached hydrogens (primary N) is 1. The quantitative estimate of drug-likeness (QED) is 0.516. The van der Waals surface area contributed by atoms with Crippen molar-refractivity contribution in [2.45, 2.75) is 26.4 Å². The predicted molar refractivity (Wildman–Crippen MR) is 101 cm³/mol. The molecule has 150 valence electrons. The van der Waals surface area contributed by atoms with Crippen LogP contribution in [-0.2, 0) is 14.6 Å². The van der Waals surface area contributed by atoms with Gasteiger partial charge in [0.05, 0.1) is 18.1 Å². The van der Waals surface area contributed by atoms with Gasteiger partial charge < -0.3 is 20.3 Å². The third kappa shape index (κ3) is 6.64. The lowest BCUT2D eigenvalue weighted by Crippen LogP contribution is -2.53. The summed E-state index contributed by atoms with van der Waals surface area (Å²) >= 11 is 0. The number of nitrogens with zero attached hydrogens (tertiary/aromatic N) is 4. The van der Waals surface area contributed by atoms with Crippen molar-refractivity contribution in [2.24, 2.45) is 10.7 Å². The first-order valence-electron chi connectivity index (χ1n) is 9.01. The molecule has 0 aromatic heterocycles. The van der Waals surface area contributed by atoms with Crippen LogP contribution < -0.4 is 5.73 Å². The second kappa shape index (κ2) is 8.43. The highest BCUT2D eigenvalue weighted by molar-refractivity contribution is 7.91. The van der Waals surface area contributed by atoms with Gasteiger partial charge in [-0.1, -0.05) is 0 Å². The molecule has 0 bridgehead atoms. The first-order chi connectivity index (χ1) is 12.1. The SMILES string of the molecule is CC(C)(C)OC(=O)N1CCN(C(N)=NCCN2CCS(=O)(=O)CC2)CC1. The highest BCUT2D eigenvalue weighted by Gasteiger charge is 2.26. The Morgan fingerprint density at radius 2 is 1.58 bits per heavy atom. The largest absolute Gasteiger partial charge is 0.444 e. The van der Waals surface area contributed by atoms with Gasteiger partial charge in [0, 0.05) is 45.8 Å². The number of guanidine groups is 1. The third-order valence-corrected chi connectivity index (χ3v) is 5.99. The van der Waals surface area contributed by atoms with E-state index in [2.05, 4.69) is 9.89 Å². The van der Waals surface area contributed by atoms with Gasteiger partial charge >= 0.3 is 6.09 Å². The van der Waals surface area contributed by atoms with E-state index in [-0.39, 0.29) is 17.6 Å². The van der Waals surface area contributed by atoms with Crippen LogP contribution in [0.25, 0.3) is 0 Å². The van der Waals surface area contributed by atoms with Gasteiger partial charge in [0.1, 0.15) is 5.60 Å². The molecule has 2 aliphatic heterocycles. The van der Waals surface area contributed by atoms with Gasteiger partial charge in [0.2, 0.25) is 0 Å². The maximum atomic E-state index is 12.1. The van der Waals surface area contributed by atoms with Gasteiger partial charge in [-0.25, -0.2) is 13.2 Å². The summed E-state index contributed by atoms with van der Waals surface area (Å²) in [6, 6.07) is 0. The summed E-state index contributed by atoms with van der Waals surface area (Å²) < 4.78 is 28.2. The molecule has 2 rings (SSSR count). The van der Waals surface area contributed by atoms with E-state index in [9.17, 15) is 13.2 Å². The molecular formula is C16H31N5O4S. The van der Waals surface area contributed by atoms with Crippen molar-refractivity contribution < 1.29 is 17.9 Å². The van der Waals surface area contributed by atoms with Crippen LogP contribution in [0.2, 0.25) is 0 Å². The van der Waals surface area contributed by atoms with E-state index >= 15 is 0 Å². The lowest BCUT2D eigenvalue weighted by Gasteiger charge is -2.36. The zero-order valence-electron chi connectivity index (χ0n) is 16.0. The number of aliphatic imine (C=N–C) groups is 1. The summed E-state index contributed by atoms with van der Waals surface area (Å²) in [4.78, 5) is 22.2. The van der Waals surface area contributed by atoms with Gasteiger partial charge in [-0.15, -0.1) is 0 Å². The zero-order chi connectivity index (χ0) is 19.4. The Morgan fingerprint density at radius 3 is 2.12 bits per heavy atom. The van der Waals surface area contributed by atoms with Crippen LogP contribution in [0.15, 0.2) is 4.99 Å². The summed E-state index contributed by atoms with van der Waals surface area (Å²) in [7, 11) is -2.85. The number of carbonyl (C=O) groups excluding carboxylic acids is 1. The van der Waals surface area contributed by atoms with Crippen molar-refractivity contribution in [3.63, 3.8) is 0 Å². The number of hydrogen-bond donors (Lipinski definition) is 1. The van der Waals surface area contributed by atoms with Crippen molar-refractivity contribution in [3.8, 4) is 0 Å². The number of ether oxygens (including phenoxy) is 1. The maximum absolute atomic E-state index is 12.1. The fourth-order valence-electron chi connectivity index (χ4n) is 2.82. The molecule has 0 aliphatic carbocycles. The molecule has 26 heavy (non-hydrogen) atoms. The molecule has 0 atom stereocenters. The minimum Gasteiger partial charge on any atom is -0.444 e. The van der Waals surface area contributed by atoms with E-state index in [4.69, 9.17) is 10.5 Å². The number of sulfone groups is 1. The summed E-state index contributed by atoms with van der Waals surface area (Å²) in [6.07, 6.45) is -0.298. The van der Waals surface area contributed by atoms with Crippen molar-refractivity contribution >= 4 is 21.9 Å². The van der Waals surface area contributed by atoms with Crippen molar-refractivity contribution in [2.75, 3.05) is 63.9 Å². The van der Waals surface area contributed by atoms with Gasteiger partial charge in [-0.3, -0.25) is 9.89 Å².